The van der Waals surface area contributed by atoms with Gasteiger partial charge in [-0.2, -0.15) is 0 Å². The van der Waals surface area contributed by atoms with E-state index >= 15 is 0 Å². The van der Waals surface area contributed by atoms with Crippen LogP contribution in [0.25, 0.3) is 0 Å². The Morgan fingerprint density at radius 1 is 1.44 bits per heavy atom. The summed E-state index contributed by atoms with van der Waals surface area (Å²) >= 11 is 5.82. The van der Waals surface area contributed by atoms with Crippen molar-refractivity contribution in [2.45, 2.75) is 25.6 Å². The normalized spacial score (nSPS) is 15.2. The van der Waals surface area contributed by atoms with Crippen LogP contribution >= 0.6 is 11.6 Å². The number of anilines is 1. The number of alkyl halides is 1. The Hall–Kier alpha value is -0.760. The maximum Gasteiger partial charge on any atom is 0.129 e. The van der Waals surface area contributed by atoms with Crippen molar-refractivity contribution in [3.8, 4) is 0 Å². The van der Waals surface area contributed by atoms with Crippen LogP contribution < -0.4 is 4.90 Å². The minimum Gasteiger partial charge on any atom is -0.371 e. The molecule has 2 rings (SSSR count). The number of hydrogen-bond acceptors (Lipinski definition) is 1. The summed E-state index contributed by atoms with van der Waals surface area (Å²) in [4.78, 5) is 2.23. The van der Waals surface area contributed by atoms with Crippen LogP contribution in [-0.2, 0) is 5.88 Å². The van der Waals surface area contributed by atoms with Crippen molar-refractivity contribution in [2.75, 3.05) is 18.0 Å². The van der Waals surface area contributed by atoms with Crippen molar-refractivity contribution in [2.24, 2.45) is 5.92 Å². The highest BCUT2D eigenvalue weighted by Crippen LogP contribution is 2.33. The van der Waals surface area contributed by atoms with Gasteiger partial charge in [0.25, 0.3) is 0 Å². The molecule has 0 saturated heterocycles. The van der Waals surface area contributed by atoms with Crippen LogP contribution in [-0.4, -0.2) is 13.1 Å². The van der Waals surface area contributed by atoms with Gasteiger partial charge in [-0.1, -0.05) is 6.07 Å². The predicted octanol–water partition coefficient (Wildman–Crippen LogP) is 3.80. The quantitative estimate of drug-likeness (QED) is 0.709. The third-order valence-electron chi connectivity index (χ3n) is 3.13. The van der Waals surface area contributed by atoms with Gasteiger partial charge in [0.2, 0.25) is 0 Å². The molecule has 1 aromatic rings. The van der Waals surface area contributed by atoms with E-state index in [2.05, 4.69) is 11.8 Å². The van der Waals surface area contributed by atoms with E-state index in [0.717, 1.165) is 24.7 Å². The zero-order valence-corrected chi connectivity index (χ0v) is 10.3. The van der Waals surface area contributed by atoms with Crippen LogP contribution in [0.15, 0.2) is 18.2 Å². The lowest BCUT2D eigenvalue weighted by atomic mass is 10.1. The molecule has 1 fully saturated rings. The first-order valence-electron chi connectivity index (χ1n) is 5.84. The number of hydrogen-bond donors (Lipinski definition) is 0. The summed E-state index contributed by atoms with van der Waals surface area (Å²) in [7, 11) is 0. The van der Waals surface area contributed by atoms with Crippen molar-refractivity contribution in [1.82, 2.24) is 0 Å². The fourth-order valence-corrected chi connectivity index (χ4v) is 2.25. The lowest BCUT2D eigenvalue weighted by molar-refractivity contribution is 0.614. The molecule has 0 radical (unpaired) electrons. The van der Waals surface area contributed by atoms with Crippen molar-refractivity contribution in [3.05, 3.63) is 29.6 Å². The summed E-state index contributed by atoms with van der Waals surface area (Å²) in [5.74, 6) is 0.844. The maximum atomic E-state index is 13.6. The average molecular weight is 242 g/mol. The fraction of sp³-hybridized carbons (Fsp3) is 0.538. The Morgan fingerprint density at radius 2 is 2.19 bits per heavy atom. The molecule has 1 aliphatic carbocycles. The van der Waals surface area contributed by atoms with Gasteiger partial charge in [0.15, 0.2) is 0 Å². The lowest BCUT2D eigenvalue weighted by Crippen LogP contribution is -2.26. The van der Waals surface area contributed by atoms with Crippen LogP contribution in [0.4, 0.5) is 10.1 Å². The number of rotatable bonds is 5. The van der Waals surface area contributed by atoms with E-state index in [0.29, 0.717) is 5.56 Å². The molecule has 3 heteroatoms. The second-order valence-electron chi connectivity index (χ2n) is 4.35. The van der Waals surface area contributed by atoms with E-state index in [-0.39, 0.29) is 11.7 Å². The van der Waals surface area contributed by atoms with Crippen LogP contribution in [0.1, 0.15) is 25.3 Å². The average Bonchev–Trinajstić information content (AvgIpc) is 3.09. The van der Waals surface area contributed by atoms with E-state index in [9.17, 15) is 4.39 Å². The first-order chi connectivity index (χ1) is 7.76. The van der Waals surface area contributed by atoms with Gasteiger partial charge in [-0.15, -0.1) is 11.6 Å². The van der Waals surface area contributed by atoms with E-state index < -0.39 is 0 Å². The highest BCUT2D eigenvalue weighted by Gasteiger charge is 2.25. The lowest BCUT2D eigenvalue weighted by Gasteiger charge is -2.25. The van der Waals surface area contributed by atoms with Gasteiger partial charge in [0, 0.05) is 24.3 Å². The third kappa shape index (κ3) is 2.49. The highest BCUT2D eigenvalue weighted by atomic mass is 35.5. The molecule has 0 spiro atoms. The van der Waals surface area contributed by atoms with Gasteiger partial charge in [-0.05, 0) is 37.8 Å². The molecule has 0 unspecified atom stereocenters. The predicted molar refractivity (Wildman–Crippen MR) is 66.6 cm³/mol. The van der Waals surface area contributed by atoms with E-state index in [4.69, 9.17) is 11.6 Å². The van der Waals surface area contributed by atoms with Crippen LogP contribution in [0, 0.1) is 11.7 Å². The molecule has 0 amide bonds. The highest BCUT2D eigenvalue weighted by molar-refractivity contribution is 6.17. The van der Waals surface area contributed by atoms with E-state index in [1.165, 1.54) is 18.9 Å². The van der Waals surface area contributed by atoms with Crippen LogP contribution in [0.3, 0.4) is 0 Å². The molecule has 0 heterocycles. The van der Waals surface area contributed by atoms with Gasteiger partial charge in [0.05, 0.1) is 5.88 Å². The molecule has 0 atom stereocenters. The van der Waals surface area contributed by atoms with E-state index in [1.54, 1.807) is 6.07 Å². The van der Waals surface area contributed by atoms with Gasteiger partial charge >= 0.3 is 0 Å². The molecule has 0 aromatic heterocycles. The monoisotopic (exact) mass is 241 g/mol. The molecule has 0 aliphatic heterocycles. The molecule has 1 aliphatic rings. The van der Waals surface area contributed by atoms with Gasteiger partial charge in [-0.25, -0.2) is 4.39 Å². The first kappa shape index (κ1) is 11.7. The Morgan fingerprint density at radius 3 is 2.75 bits per heavy atom. The zero-order chi connectivity index (χ0) is 11.5. The van der Waals surface area contributed by atoms with Crippen molar-refractivity contribution in [3.63, 3.8) is 0 Å². The van der Waals surface area contributed by atoms with Crippen LogP contribution in [0.2, 0.25) is 0 Å². The summed E-state index contributed by atoms with van der Waals surface area (Å²) in [5, 5.41) is 0. The smallest absolute Gasteiger partial charge is 0.129 e. The third-order valence-corrected chi connectivity index (χ3v) is 3.39. The topological polar surface area (TPSA) is 3.24 Å². The SMILES string of the molecule is CCN(CC1CC1)c1cccc(F)c1CCl. The second kappa shape index (κ2) is 5.05. The molecule has 16 heavy (non-hydrogen) atoms. The maximum absolute atomic E-state index is 13.6. The summed E-state index contributed by atoms with van der Waals surface area (Å²) in [6.45, 7) is 4.04. The Labute approximate surface area is 101 Å². The molecule has 88 valence electrons. The molecular weight excluding hydrogens is 225 g/mol. The minimum absolute atomic E-state index is 0.193. The summed E-state index contributed by atoms with van der Waals surface area (Å²) in [6.07, 6.45) is 2.62. The van der Waals surface area contributed by atoms with Gasteiger partial charge in [0.1, 0.15) is 5.82 Å². The van der Waals surface area contributed by atoms with Crippen molar-refractivity contribution in [1.29, 1.82) is 0 Å². The number of nitrogens with zero attached hydrogens (tertiary/aromatic N) is 1. The van der Waals surface area contributed by atoms with Gasteiger partial charge < -0.3 is 4.90 Å². The molecule has 1 saturated carbocycles. The molecule has 0 bridgehead atoms. The molecular formula is C13H17ClFN. The molecule has 1 aromatic carbocycles. The summed E-state index contributed by atoms with van der Waals surface area (Å²) in [6, 6.07) is 5.20. The number of halogens is 2. The Bertz CT molecular complexity index is 363. The van der Waals surface area contributed by atoms with Crippen molar-refractivity contribution >= 4 is 17.3 Å². The molecule has 1 nitrogen and oxygen atoms in total. The Balaban J connectivity index is 2.24. The fourth-order valence-electron chi connectivity index (χ4n) is 1.99. The largest absolute Gasteiger partial charge is 0.371 e. The van der Waals surface area contributed by atoms with E-state index in [1.807, 2.05) is 6.07 Å². The van der Waals surface area contributed by atoms with Crippen LogP contribution in [0.5, 0.6) is 0 Å². The minimum atomic E-state index is -0.193. The first-order valence-corrected chi connectivity index (χ1v) is 6.38. The summed E-state index contributed by atoms with van der Waals surface area (Å²) in [5.41, 5.74) is 1.59. The Kier molecular flexibility index (Phi) is 3.70. The summed E-state index contributed by atoms with van der Waals surface area (Å²) < 4.78 is 13.6. The van der Waals surface area contributed by atoms with Gasteiger partial charge in [-0.3, -0.25) is 0 Å². The number of benzene rings is 1. The zero-order valence-electron chi connectivity index (χ0n) is 9.55. The molecule has 0 N–H and O–H groups in total. The standard InChI is InChI=1S/C13H17ClFN/c1-2-16(9-10-6-7-10)13-5-3-4-12(15)11(13)8-14/h3-5,10H,2,6-9H2,1H3. The van der Waals surface area contributed by atoms with Crippen molar-refractivity contribution < 1.29 is 4.39 Å². The second-order valence-corrected chi connectivity index (χ2v) is 4.62.